The molecule has 1 aromatic rings. The Labute approximate surface area is 114 Å². The number of likely N-dealkylation sites (tertiary alicyclic amines) is 1. The van der Waals surface area contributed by atoms with Gasteiger partial charge in [-0.05, 0) is 38.0 Å². The SMILES string of the molecule is CCCOc1ccc(C(=O)N2CCC2)cc1OCC. The van der Waals surface area contributed by atoms with Crippen LogP contribution in [0.25, 0.3) is 0 Å². The minimum Gasteiger partial charge on any atom is -0.490 e. The first-order valence-corrected chi connectivity index (χ1v) is 6.95. The van der Waals surface area contributed by atoms with Crippen molar-refractivity contribution in [2.24, 2.45) is 0 Å². The zero-order valence-corrected chi connectivity index (χ0v) is 11.6. The standard InChI is InChI=1S/C15H21NO3/c1-3-10-19-13-7-6-12(11-14(13)18-4-2)15(17)16-8-5-9-16/h6-7,11H,3-5,8-10H2,1-2H3. The van der Waals surface area contributed by atoms with E-state index in [-0.39, 0.29) is 5.91 Å². The molecule has 0 aromatic heterocycles. The highest BCUT2D eigenvalue weighted by Gasteiger charge is 2.22. The minimum absolute atomic E-state index is 0.0780. The van der Waals surface area contributed by atoms with Crippen molar-refractivity contribution in [3.8, 4) is 11.5 Å². The molecule has 4 nitrogen and oxygen atoms in total. The molecule has 1 aliphatic heterocycles. The summed E-state index contributed by atoms with van der Waals surface area (Å²) in [4.78, 5) is 14.0. The molecule has 0 N–H and O–H groups in total. The predicted octanol–water partition coefficient (Wildman–Crippen LogP) is 2.72. The zero-order valence-electron chi connectivity index (χ0n) is 11.6. The molecule has 0 bridgehead atoms. The Morgan fingerprint density at radius 1 is 1.21 bits per heavy atom. The van der Waals surface area contributed by atoms with Crippen LogP contribution in [-0.4, -0.2) is 37.1 Å². The van der Waals surface area contributed by atoms with Crippen LogP contribution < -0.4 is 9.47 Å². The molecular formula is C15H21NO3. The Bertz CT molecular complexity index is 441. The van der Waals surface area contributed by atoms with Gasteiger partial charge in [0.1, 0.15) is 0 Å². The average Bonchev–Trinajstić information content (AvgIpc) is 2.35. The van der Waals surface area contributed by atoms with E-state index in [2.05, 4.69) is 6.92 Å². The number of rotatable bonds is 6. The highest BCUT2D eigenvalue weighted by Crippen LogP contribution is 2.29. The summed E-state index contributed by atoms with van der Waals surface area (Å²) in [6, 6.07) is 5.43. The summed E-state index contributed by atoms with van der Waals surface area (Å²) in [5.41, 5.74) is 0.673. The second-order valence-electron chi connectivity index (χ2n) is 4.59. The molecule has 0 atom stereocenters. The summed E-state index contributed by atoms with van der Waals surface area (Å²) < 4.78 is 11.2. The lowest BCUT2D eigenvalue weighted by atomic mass is 10.1. The number of hydrogen-bond acceptors (Lipinski definition) is 3. The molecule has 0 spiro atoms. The van der Waals surface area contributed by atoms with Crippen LogP contribution in [0.5, 0.6) is 11.5 Å². The molecule has 1 heterocycles. The minimum atomic E-state index is 0.0780. The number of hydrogen-bond donors (Lipinski definition) is 0. The van der Waals surface area contributed by atoms with Crippen molar-refractivity contribution in [3.05, 3.63) is 23.8 Å². The van der Waals surface area contributed by atoms with Crippen LogP contribution in [0.15, 0.2) is 18.2 Å². The largest absolute Gasteiger partial charge is 0.490 e. The molecule has 0 aliphatic carbocycles. The molecule has 4 heteroatoms. The Balaban J connectivity index is 2.16. The second kappa shape index (κ2) is 6.45. The van der Waals surface area contributed by atoms with Crippen molar-refractivity contribution in [1.82, 2.24) is 4.90 Å². The van der Waals surface area contributed by atoms with Gasteiger partial charge in [0, 0.05) is 18.7 Å². The highest BCUT2D eigenvalue weighted by atomic mass is 16.5. The van der Waals surface area contributed by atoms with Gasteiger partial charge < -0.3 is 14.4 Å². The molecule has 0 unspecified atom stereocenters. The van der Waals surface area contributed by atoms with Crippen LogP contribution >= 0.6 is 0 Å². The van der Waals surface area contributed by atoms with Gasteiger partial charge >= 0.3 is 0 Å². The molecule has 1 amide bonds. The first-order valence-electron chi connectivity index (χ1n) is 6.95. The molecule has 0 radical (unpaired) electrons. The lowest BCUT2D eigenvalue weighted by molar-refractivity contribution is 0.0651. The van der Waals surface area contributed by atoms with E-state index >= 15 is 0 Å². The molecule has 0 saturated carbocycles. The molecule has 1 aromatic carbocycles. The predicted molar refractivity (Wildman–Crippen MR) is 73.9 cm³/mol. The van der Waals surface area contributed by atoms with Crippen LogP contribution in [0.1, 0.15) is 37.0 Å². The van der Waals surface area contributed by atoms with Crippen molar-refractivity contribution in [2.45, 2.75) is 26.7 Å². The molecule has 1 saturated heterocycles. The molecular weight excluding hydrogens is 242 g/mol. The maximum Gasteiger partial charge on any atom is 0.253 e. The van der Waals surface area contributed by atoms with Gasteiger partial charge in [-0.1, -0.05) is 6.92 Å². The van der Waals surface area contributed by atoms with Gasteiger partial charge in [0.25, 0.3) is 5.91 Å². The van der Waals surface area contributed by atoms with E-state index in [9.17, 15) is 4.79 Å². The lowest BCUT2D eigenvalue weighted by Gasteiger charge is -2.31. The van der Waals surface area contributed by atoms with E-state index in [1.807, 2.05) is 24.0 Å². The topological polar surface area (TPSA) is 38.8 Å². The zero-order chi connectivity index (χ0) is 13.7. The highest BCUT2D eigenvalue weighted by molar-refractivity contribution is 5.95. The number of benzene rings is 1. The molecule has 1 fully saturated rings. The normalized spacial score (nSPS) is 13.9. The van der Waals surface area contributed by atoms with E-state index in [1.165, 1.54) is 0 Å². The van der Waals surface area contributed by atoms with Gasteiger partial charge in [-0.15, -0.1) is 0 Å². The number of nitrogens with zero attached hydrogens (tertiary/aromatic N) is 1. The Morgan fingerprint density at radius 2 is 2.00 bits per heavy atom. The summed E-state index contributed by atoms with van der Waals surface area (Å²) in [6.45, 7) is 6.91. The monoisotopic (exact) mass is 263 g/mol. The van der Waals surface area contributed by atoms with Gasteiger partial charge in [0.15, 0.2) is 11.5 Å². The Kier molecular flexibility index (Phi) is 4.66. The van der Waals surface area contributed by atoms with Crippen molar-refractivity contribution in [2.75, 3.05) is 26.3 Å². The summed E-state index contributed by atoms with van der Waals surface area (Å²) in [5.74, 6) is 1.44. The molecule has 104 valence electrons. The molecule has 19 heavy (non-hydrogen) atoms. The van der Waals surface area contributed by atoms with Gasteiger partial charge in [-0.2, -0.15) is 0 Å². The van der Waals surface area contributed by atoms with Crippen LogP contribution in [-0.2, 0) is 0 Å². The number of carbonyl (C=O) groups excluding carboxylic acids is 1. The van der Waals surface area contributed by atoms with Gasteiger partial charge in [-0.3, -0.25) is 4.79 Å². The maximum absolute atomic E-state index is 12.1. The van der Waals surface area contributed by atoms with E-state index in [0.717, 1.165) is 25.9 Å². The fourth-order valence-corrected chi connectivity index (χ4v) is 1.94. The van der Waals surface area contributed by atoms with Crippen molar-refractivity contribution in [1.29, 1.82) is 0 Å². The smallest absolute Gasteiger partial charge is 0.253 e. The number of amides is 1. The quantitative estimate of drug-likeness (QED) is 0.792. The fourth-order valence-electron chi connectivity index (χ4n) is 1.94. The van der Waals surface area contributed by atoms with E-state index in [4.69, 9.17) is 9.47 Å². The van der Waals surface area contributed by atoms with Crippen molar-refractivity contribution >= 4 is 5.91 Å². The van der Waals surface area contributed by atoms with Crippen molar-refractivity contribution < 1.29 is 14.3 Å². The summed E-state index contributed by atoms with van der Waals surface area (Å²) in [5, 5.41) is 0. The first-order chi connectivity index (χ1) is 9.26. The van der Waals surface area contributed by atoms with Gasteiger partial charge in [0.2, 0.25) is 0 Å². The first kappa shape index (κ1) is 13.7. The third kappa shape index (κ3) is 3.19. The lowest BCUT2D eigenvalue weighted by Crippen LogP contribution is -2.42. The molecule has 1 aliphatic rings. The van der Waals surface area contributed by atoms with Crippen LogP contribution in [0, 0.1) is 0 Å². The van der Waals surface area contributed by atoms with Crippen molar-refractivity contribution in [3.63, 3.8) is 0 Å². The van der Waals surface area contributed by atoms with E-state index in [1.54, 1.807) is 6.07 Å². The Morgan fingerprint density at radius 3 is 2.58 bits per heavy atom. The third-order valence-corrected chi connectivity index (χ3v) is 3.10. The number of carbonyl (C=O) groups is 1. The van der Waals surface area contributed by atoms with Crippen LogP contribution in [0.3, 0.4) is 0 Å². The van der Waals surface area contributed by atoms with E-state index < -0.39 is 0 Å². The second-order valence-corrected chi connectivity index (χ2v) is 4.59. The fraction of sp³-hybridized carbons (Fsp3) is 0.533. The van der Waals surface area contributed by atoms with Gasteiger partial charge in [-0.25, -0.2) is 0 Å². The number of ether oxygens (including phenoxy) is 2. The maximum atomic E-state index is 12.1. The molecule has 2 rings (SSSR count). The summed E-state index contributed by atoms with van der Waals surface area (Å²) in [7, 11) is 0. The van der Waals surface area contributed by atoms with Crippen LogP contribution in [0.2, 0.25) is 0 Å². The Hall–Kier alpha value is -1.71. The average molecular weight is 263 g/mol. The summed E-state index contributed by atoms with van der Waals surface area (Å²) in [6.07, 6.45) is 2.04. The van der Waals surface area contributed by atoms with Gasteiger partial charge in [0.05, 0.1) is 13.2 Å². The summed E-state index contributed by atoms with van der Waals surface area (Å²) >= 11 is 0. The van der Waals surface area contributed by atoms with Crippen LogP contribution in [0.4, 0.5) is 0 Å². The third-order valence-electron chi connectivity index (χ3n) is 3.10. The van der Waals surface area contributed by atoms with E-state index in [0.29, 0.717) is 30.3 Å².